The van der Waals surface area contributed by atoms with Crippen LogP contribution >= 0.6 is 0 Å². The van der Waals surface area contributed by atoms with Crippen LogP contribution in [0.25, 0.3) is 0 Å². The zero-order valence-corrected chi connectivity index (χ0v) is 18.2. The van der Waals surface area contributed by atoms with Gasteiger partial charge in [0.2, 0.25) is 15.9 Å². The molecule has 0 radical (unpaired) electrons. The van der Waals surface area contributed by atoms with Gasteiger partial charge in [-0.05, 0) is 24.5 Å². The first-order chi connectivity index (χ1) is 14.4. The Balaban J connectivity index is 0.000000592. The Morgan fingerprint density at radius 2 is 1.68 bits per heavy atom. The summed E-state index contributed by atoms with van der Waals surface area (Å²) in [6.07, 6.45) is -4.36. The molecule has 2 N–H and O–H groups in total. The summed E-state index contributed by atoms with van der Waals surface area (Å²) in [7, 11) is -3.66. The number of nitrogens with zero attached hydrogens (tertiary/aromatic N) is 2. The highest BCUT2D eigenvalue weighted by Gasteiger charge is 2.38. The summed E-state index contributed by atoms with van der Waals surface area (Å²) in [5.41, 5.74) is 0. The third-order valence-corrected chi connectivity index (χ3v) is 6.22. The maximum atomic E-state index is 12.9. The highest BCUT2D eigenvalue weighted by molar-refractivity contribution is 7.89. The zero-order valence-electron chi connectivity index (χ0n) is 17.4. The number of hydrogen-bond donors (Lipinski definition) is 2. The number of carboxylic acid groups (broad SMARTS) is 1. The smallest absolute Gasteiger partial charge is 0.475 e. The monoisotopic (exact) mass is 467 g/mol. The Morgan fingerprint density at radius 3 is 2.13 bits per heavy atom. The van der Waals surface area contributed by atoms with Gasteiger partial charge in [0.25, 0.3) is 0 Å². The molecule has 0 bridgehead atoms. The quantitative estimate of drug-likeness (QED) is 0.633. The van der Waals surface area contributed by atoms with Gasteiger partial charge in [-0.1, -0.05) is 32.0 Å². The van der Waals surface area contributed by atoms with E-state index in [1.54, 1.807) is 35.2 Å². The van der Waals surface area contributed by atoms with Crippen molar-refractivity contribution in [3.8, 4) is 0 Å². The lowest BCUT2D eigenvalue weighted by Crippen LogP contribution is -2.50. The highest BCUT2D eigenvalue weighted by Crippen LogP contribution is 2.17. The number of rotatable bonds is 7. The van der Waals surface area contributed by atoms with Crippen molar-refractivity contribution in [1.82, 2.24) is 14.5 Å². The summed E-state index contributed by atoms with van der Waals surface area (Å²) in [4.78, 5) is 23.4. The summed E-state index contributed by atoms with van der Waals surface area (Å²) in [6.45, 7) is 7.12. The van der Waals surface area contributed by atoms with E-state index >= 15 is 0 Å². The average molecular weight is 468 g/mol. The van der Waals surface area contributed by atoms with Crippen LogP contribution in [0, 0.1) is 5.92 Å². The van der Waals surface area contributed by atoms with E-state index in [2.05, 4.69) is 5.32 Å². The Hall–Kier alpha value is -2.18. The fourth-order valence-corrected chi connectivity index (χ4v) is 4.02. The number of carbonyl (C=O) groups excluding carboxylic acids is 1. The summed E-state index contributed by atoms with van der Waals surface area (Å²) < 4.78 is 58.9. The minimum Gasteiger partial charge on any atom is -0.475 e. The molecule has 0 atom stereocenters. The third kappa shape index (κ3) is 9.23. The lowest BCUT2D eigenvalue weighted by atomic mass is 10.1. The molecule has 0 spiro atoms. The van der Waals surface area contributed by atoms with Gasteiger partial charge in [-0.2, -0.15) is 17.5 Å². The van der Waals surface area contributed by atoms with Gasteiger partial charge in [0.1, 0.15) is 0 Å². The first-order valence-corrected chi connectivity index (χ1v) is 11.1. The van der Waals surface area contributed by atoms with Crippen LogP contribution in [0.1, 0.15) is 20.3 Å². The van der Waals surface area contributed by atoms with E-state index in [-0.39, 0.29) is 17.3 Å². The van der Waals surface area contributed by atoms with Crippen molar-refractivity contribution in [3.05, 3.63) is 30.3 Å². The third-order valence-electron chi connectivity index (χ3n) is 4.36. The number of piperazine rings is 1. The van der Waals surface area contributed by atoms with Crippen LogP contribution in [0.2, 0.25) is 0 Å². The molecule has 2 rings (SSSR count). The number of aliphatic carboxylic acids is 1. The standard InChI is InChI=1S/C17H27N3O3S.C2HF3O2/c1-15(2)8-11-20(14-17(21)19-12-9-18-10-13-19)24(22,23)16-6-4-3-5-7-16;3-2(4,5)1(6)7/h3-7,15,18H,8-14H2,1-2H3;(H,6,7). The molecule has 12 heteroatoms. The molecule has 1 aliphatic rings. The van der Waals surface area contributed by atoms with Gasteiger partial charge in [-0.25, -0.2) is 13.2 Å². The topological polar surface area (TPSA) is 107 Å². The van der Waals surface area contributed by atoms with E-state index in [4.69, 9.17) is 9.90 Å². The molecule has 31 heavy (non-hydrogen) atoms. The van der Waals surface area contributed by atoms with Crippen molar-refractivity contribution < 1.29 is 36.3 Å². The van der Waals surface area contributed by atoms with Crippen molar-refractivity contribution in [1.29, 1.82) is 0 Å². The molecular weight excluding hydrogens is 439 g/mol. The SMILES string of the molecule is CC(C)CCN(CC(=O)N1CCNCC1)S(=O)(=O)c1ccccc1.O=C(O)C(F)(F)F. The fourth-order valence-electron chi connectivity index (χ4n) is 2.59. The maximum absolute atomic E-state index is 12.9. The molecule has 0 aliphatic carbocycles. The van der Waals surface area contributed by atoms with Crippen LogP contribution in [-0.4, -0.2) is 80.1 Å². The summed E-state index contributed by atoms with van der Waals surface area (Å²) in [5, 5.41) is 10.3. The number of hydrogen-bond acceptors (Lipinski definition) is 5. The normalized spacial score (nSPS) is 14.9. The molecule has 0 aromatic heterocycles. The number of alkyl halides is 3. The molecule has 0 unspecified atom stereocenters. The Kier molecular flexibility index (Phi) is 10.4. The fraction of sp³-hybridized carbons (Fsp3) is 0.579. The van der Waals surface area contributed by atoms with Gasteiger partial charge < -0.3 is 15.3 Å². The van der Waals surface area contributed by atoms with Gasteiger partial charge >= 0.3 is 12.1 Å². The van der Waals surface area contributed by atoms with Gasteiger partial charge in [0.05, 0.1) is 11.4 Å². The van der Waals surface area contributed by atoms with Crippen molar-refractivity contribution in [2.45, 2.75) is 31.3 Å². The lowest BCUT2D eigenvalue weighted by Gasteiger charge is -2.30. The van der Waals surface area contributed by atoms with E-state index in [0.717, 1.165) is 19.5 Å². The van der Waals surface area contributed by atoms with Gasteiger partial charge in [0, 0.05) is 32.7 Å². The summed E-state index contributed by atoms with van der Waals surface area (Å²) in [5.74, 6) is -2.51. The molecule has 176 valence electrons. The minimum absolute atomic E-state index is 0.0933. The molecule has 1 heterocycles. The van der Waals surface area contributed by atoms with Gasteiger partial charge in [-0.15, -0.1) is 0 Å². The number of carbonyl (C=O) groups is 2. The summed E-state index contributed by atoms with van der Waals surface area (Å²) in [6, 6.07) is 8.33. The average Bonchev–Trinajstić information content (AvgIpc) is 2.71. The number of amides is 1. The van der Waals surface area contributed by atoms with Crippen molar-refractivity contribution in [2.75, 3.05) is 39.3 Å². The van der Waals surface area contributed by atoms with E-state index in [1.807, 2.05) is 13.8 Å². The van der Waals surface area contributed by atoms with Crippen LogP contribution in [0.4, 0.5) is 13.2 Å². The number of sulfonamides is 1. The number of nitrogens with one attached hydrogen (secondary N) is 1. The lowest BCUT2D eigenvalue weighted by molar-refractivity contribution is -0.192. The van der Waals surface area contributed by atoms with Crippen LogP contribution in [-0.2, 0) is 19.6 Å². The second kappa shape index (κ2) is 12.0. The Labute approximate surface area is 180 Å². The van der Waals surface area contributed by atoms with Crippen molar-refractivity contribution in [2.24, 2.45) is 5.92 Å². The minimum atomic E-state index is -5.08. The molecule has 1 aliphatic heterocycles. The molecule has 1 aromatic rings. The molecule has 1 aromatic carbocycles. The molecule has 1 amide bonds. The highest BCUT2D eigenvalue weighted by atomic mass is 32.2. The van der Waals surface area contributed by atoms with Gasteiger partial charge in [0.15, 0.2) is 0 Å². The van der Waals surface area contributed by atoms with Crippen LogP contribution in [0.3, 0.4) is 0 Å². The molecule has 8 nitrogen and oxygen atoms in total. The first-order valence-electron chi connectivity index (χ1n) is 9.69. The van der Waals surface area contributed by atoms with E-state index in [1.165, 1.54) is 4.31 Å². The summed E-state index contributed by atoms with van der Waals surface area (Å²) >= 11 is 0. The Morgan fingerprint density at radius 1 is 1.16 bits per heavy atom. The zero-order chi connectivity index (χ0) is 23.7. The van der Waals surface area contributed by atoms with Crippen molar-refractivity contribution in [3.63, 3.8) is 0 Å². The largest absolute Gasteiger partial charge is 0.490 e. The van der Waals surface area contributed by atoms with Crippen molar-refractivity contribution >= 4 is 21.9 Å². The number of halogens is 3. The van der Waals surface area contributed by atoms with E-state index in [0.29, 0.717) is 25.6 Å². The van der Waals surface area contributed by atoms with Crippen LogP contribution in [0.5, 0.6) is 0 Å². The molecular formula is C19H28F3N3O5S. The number of carboxylic acids is 1. The van der Waals surface area contributed by atoms with E-state index < -0.39 is 22.2 Å². The predicted molar refractivity (Wildman–Crippen MR) is 108 cm³/mol. The van der Waals surface area contributed by atoms with Gasteiger partial charge in [-0.3, -0.25) is 4.79 Å². The maximum Gasteiger partial charge on any atom is 0.490 e. The number of benzene rings is 1. The second-order valence-corrected chi connectivity index (χ2v) is 9.21. The molecule has 1 saturated heterocycles. The Bertz CT molecular complexity index is 811. The molecule has 1 fully saturated rings. The first kappa shape index (κ1) is 26.9. The van der Waals surface area contributed by atoms with Crippen LogP contribution in [0.15, 0.2) is 35.2 Å². The second-order valence-electron chi connectivity index (χ2n) is 7.27. The van der Waals surface area contributed by atoms with Crippen LogP contribution < -0.4 is 5.32 Å². The van der Waals surface area contributed by atoms with E-state index in [9.17, 15) is 26.4 Å². The molecule has 0 saturated carbocycles. The predicted octanol–water partition coefficient (Wildman–Crippen LogP) is 1.79.